The van der Waals surface area contributed by atoms with Crippen LogP contribution >= 0.6 is 42.2 Å². The van der Waals surface area contributed by atoms with Crippen molar-refractivity contribution in [2.24, 2.45) is 0 Å². The van der Waals surface area contributed by atoms with E-state index in [0.717, 1.165) is 0 Å². The van der Waals surface area contributed by atoms with E-state index < -0.39 is 7.37 Å². The van der Waals surface area contributed by atoms with Crippen LogP contribution in [-0.4, -0.2) is 6.66 Å². The Balaban J connectivity index is 2.34. The Morgan fingerprint density at radius 2 is 1.53 bits per heavy atom. The molecule has 0 heterocycles. The zero-order valence-electron chi connectivity index (χ0n) is 9.94. The van der Waals surface area contributed by atoms with Gasteiger partial charge >= 0.3 is 0 Å². The molecule has 0 amide bonds. The first-order valence-electron chi connectivity index (χ1n) is 5.37. The summed E-state index contributed by atoms with van der Waals surface area (Å²) < 4.78 is 18.1. The lowest BCUT2D eigenvalue weighted by Crippen LogP contribution is -2.07. The van der Waals surface area contributed by atoms with Gasteiger partial charge in [-0.15, -0.1) is 0 Å². The van der Waals surface area contributed by atoms with Crippen molar-refractivity contribution < 1.29 is 9.09 Å². The fourth-order valence-corrected chi connectivity index (χ4v) is 3.44. The molecule has 0 aliphatic carbocycles. The van der Waals surface area contributed by atoms with Crippen LogP contribution in [0.1, 0.15) is 0 Å². The highest BCUT2D eigenvalue weighted by molar-refractivity contribution is 7.66. The van der Waals surface area contributed by atoms with E-state index in [2.05, 4.69) is 0 Å². The van der Waals surface area contributed by atoms with Gasteiger partial charge in [0.2, 0.25) is 0 Å². The summed E-state index contributed by atoms with van der Waals surface area (Å²) in [4.78, 5) is 0. The molecule has 100 valence electrons. The highest BCUT2D eigenvalue weighted by Crippen LogP contribution is 2.44. The Kier molecular flexibility index (Phi) is 4.47. The van der Waals surface area contributed by atoms with Crippen LogP contribution in [0.15, 0.2) is 42.5 Å². The van der Waals surface area contributed by atoms with Gasteiger partial charge in [-0.2, -0.15) is 0 Å². The molecule has 0 aliphatic rings. The summed E-state index contributed by atoms with van der Waals surface area (Å²) in [5, 5.41) is 1.40. The maximum atomic E-state index is 12.6. The van der Waals surface area contributed by atoms with Gasteiger partial charge in [-0.1, -0.05) is 53.0 Å². The van der Waals surface area contributed by atoms with Crippen molar-refractivity contribution in [3.63, 3.8) is 0 Å². The fourth-order valence-electron chi connectivity index (χ4n) is 1.54. The van der Waals surface area contributed by atoms with Gasteiger partial charge in [0.15, 0.2) is 0 Å². The molecule has 1 atom stereocenters. The second-order valence-corrected chi connectivity index (χ2v) is 7.56. The molecule has 1 unspecified atom stereocenters. The predicted octanol–water partition coefficient (Wildman–Crippen LogP) is 5.26. The van der Waals surface area contributed by atoms with Crippen molar-refractivity contribution in [3.05, 3.63) is 57.5 Å². The third-order valence-corrected chi connectivity index (χ3v) is 5.45. The van der Waals surface area contributed by atoms with Gasteiger partial charge < -0.3 is 4.52 Å². The molecule has 2 aromatic rings. The van der Waals surface area contributed by atoms with E-state index in [9.17, 15) is 4.57 Å². The normalized spacial score (nSPS) is 13.9. The molecule has 0 N–H and O–H groups in total. The summed E-state index contributed by atoms with van der Waals surface area (Å²) in [6.45, 7) is 1.54. The summed E-state index contributed by atoms with van der Waals surface area (Å²) in [6, 6.07) is 11.9. The molecule has 2 nitrogen and oxygen atoms in total. The second-order valence-electron chi connectivity index (χ2n) is 3.97. The zero-order valence-corrected chi connectivity index (χ0v) is 13.1. The monoisotopic (exact) mass is 334 g/mol. The summed E-state index contributed by atoms with van der Waals surface area (Å²) in [5.41, 5.74) is 0. The highest BCUT2D eigenvalue weighted by atomic mass is 35.5. The van der Waals surface area contributed by atoms with Crippen LogP contribution in [0, 0.1) is 0 Å². The topological polar surface area (TPSA) is 26.3 Å². The van der Waals surface area contributed by atoms with E-state index in [1.807, 2.05) is 6.07 Å². The molecule has 0 fully saturated rings. The predicted molar refractivity (Wildman–Crippen MR) is 81.7 cm³/mol. The minimum atomic E-state index is -2.98. The Morgan fingerprint density at radius 1 is 1.00 bits per heavy atom. The van der Waals surface area contributed by atoms with E-state index in [1.165, 1.54) is 12.1 Å². The average Bonchev–Trinajstić information content (AvgIpc) is 2.36. The average molecular weight is 336 g/mol. The molecule has 0 aromatic heterocycles. The Labute approximate surface area is 126 Å². The van der Waals surface area contributed by atoms with E-state index in [4.69, 9.17) is 39.3 Å². The van der Waals surface area contributed by atoms with Gasteiger partial charge in [-0.25, -0.2) is 0 Å². The minimum Gasteiger partial charge on any atom is -0.440 e. The van der Waals surface area contributed by atoms with E-state index >= 15 is 0 Å². The minimum absolute atomic E-state index is 0.251. The Hall–Kier alpha value is -0.660. The number of rotatable bonds is 3. The first kappa shape index (κ1) is 14.7. The van der Waals surface area contributed by atoms with Gasteiger partial charge in [0.1, 0.15) is 5.75 Å². The lowest BCUT2D eigenvalue weighted by Gasteiger charge is -2.16. The maximum absolute atomic E-state index is 12.6. The summed E-state index contributed by atoms with van der Waals surface area (Å²) in [6.07, 6.45) is 0. The van der Waals surface area contributed by atoms with E-state index in [0.29, 0.717) is 11.1 Å². The molecule has 0 spiro atoms. The molecule has 2 rings (SSSR count). The smallest absolute Gasteiger partial charge is 0.274 e. The molecule has 0 bridgehead atoms. The van der Waals surface area contributed by atoms with Crippen LogP contribution in [0.5, 0.6) is 5.75 Å². The quantitative estimate of drug-likeness (QED) is 0.565. The van der Waals surface area contributed by atoms with Crippen molar-refractivity contribution in [3.8, 4) is 5.75 Å². The van der Waals surface area contributed by atoms with E-state index in [1.54, 1.807) is 30.9 Å². The molecular formula is C13H10Cl3O2P. The van der Waals surface area contributed by atoms with Gasteiger partial charge in [-0.05, 0) is 12.1 Å². The number of benzene rings is 2. The fraction of sp³-hybridized carbons (Fsp3) is 0.0769. The zero-order chi connectivity index (χ0) is 14.0. The molecule has 0 saturated carbocycles. The molecule has 6 heteroatoms. The Morgan fingerprint density at radius 3 is 2.05 bits per heavy atom. The van der Waals surface area contributed by atoms with Crippen LogP contribution in [0.3, 0.4) is 0 Å². The Bertz CT molecular complexity index is 621. The summed E-state index contributed by atoms with van der Waals surface area (Å²) in [7, 11) is -2.98. The molecule has 0 radical (unpaired) electrons. The van der Waals surface area contributed by atoms with Crippen LogP contribution in [0.25, 0.3) is 0 Å². The van der Waals surface area contributed by atoms with E-state index in [-0.39, 0.29) is 15.1 Å². The number of halogens is 3. The molecular weight excluding hydrogens is 325 g/mol. The van der Waals surface area contributed by atoms with Crippen molar-refractivity contribution in [1.82, 2.24) is 0 Å². The first-order chi connectivity index (χ1) is 8.90. The third-order valence-electron chi connectivity index (χ3n) is 2.46. The van der Waals surface area contributed by atoms with Crippen molar-refractivity contribution in [2.45, 2.75) is 0 Å². The molecule has 0 aliphatic heterocycles. The number of hydrogen-bond donors (Lipinski definition) is 0. The highest BCUT2D eigenvalue weighted by Gasteiger charge is 2.21. The largest absolute Gasteiger partial charge is 0.440 e. The number of hydrogen-bond acceptors (Lipinski definition) is 2. The standard InChI is InChI=1S/C13H10Cl3O2P/c1-19(17,10-5-3-2-4-6-10)18-9-7-11(14)13(16)12(15)8-9/h2-8H,1H3. The van der Waals surface area contributed by atoms with Crippen LogP contribution in [0.2, 0.25) is 15.1 Å². The van der Waals surface area contributed by atoms with Crippen molar-refractivity contribution in [2.75, 3.05) is 6.66 Å². The van der Waals surface area contributed by atoms with Crippen LogP contribution in [-0.2, 0) is 4.57 Å². The van der Waals surface area contributed by atoms with Crippen LogP contribution in [0.4, 0.5) is 0 Å². The summed E-state index contributed by atoms with van der Waals surface area (Å²) >= 11 is 17.7. The van der Waals surface area contributed by atoms with Crippen molar-refractivity contribution >= 4 is 47.5 Å². The van der Waals surface area contributed by atoms with Gasteiger partial charge in [-0.3, -0.25) is 4.57 Å². The van der Waals surface area contributed by atoms with Crippen molar-refractivity contribution in [1.29, 1.82) is 0 Å². The third kappa shape index (κ3) is 3.46. The molecule has 0 saturated heterocycles. The van der Waals surface area contributed by atoms with Gasteiger partial charge in [0, 0.05) is 24.1 Å². The van der Waals surface area contributed by atoms with Crippen LogP contribution < -0.4 is 9.83 Å². The lowest BCUT2D eigenvalue weighted by molar-refractivity contribution is 0.498. The maximum Gasteiger partial charge on any atom is 0.274 e. The molecule has 19 heavy (non-hydrogen) atoms. The molecule has 2 aromatic carbocycles. The lowest BCUT2D eigenvalue weighted by atomic mass is 10.3. The summed E-state index contributed by atoms with van der Waals surface area (Å²) in [5.74, 6) is 0.328. The van der Waals surface area contributed by atoms with Gasteiger partial charge in [0.25, 0.3) is 7.37 Å². The SMILES string of the molecule is CP(=O)(Oc1cc(Cl)c(Cl)c(Cl)c1)c1ccccc1. The first-order valence-corrected chi connectivity index (χ1v) is 8.58. The second kappa shape index (κ2) is 5.76. The van der Waals surface area contributed by atoms with Gasteiger partial charge in [0.05, 0.1) is 15.1 Å².